The van der Waals surface area contributed by atoms with E-state index in [9.17, 15) is 0 Å². The van der Waals surface area contributed by atoms with Crippen molar-refractivity contribution in [2.24, 2.45) is 15.8 Å². The molecule has 2 heterocycles. The maximum atomic E-state index is 5.61. The van der Waals surface area contributed by atoms with Gasteiger partial charge in [-0.05, 0) is 34.7 Å². The lowest BCUT2D eigenvalue weighted by atomic mass is 10.4. The van der Waals surface area contributed by atoms with Gasteiger partial charge in [0.15, 0.2) is 0 Å². The van der Waals surface area contributed by atoms with Crippen molar-refractivity contribution >= 4 is 32.1 Å². The van der Waals surface area contributed by atoms with E-state index in [0.29, 0.717) is 6.54 Å². The van der Waals surface area contributed by atoms with Gasteiger partial charge in [-0.2, -0.15) is 5.10 Å². The first kappa shape index (κ1) is 7.23. The standard InChI is InChI=1S/C6H7IN4/c7-4-1-2-6-9-5(8)3-11(6)10-4/h1-2,5H,3,8H2. The van der Waals surface area contributed by atoms with Crippen LogP contribution < -0.4 is 5.73 Å². The minimum Gasteiger partial charge on any atom is -0.308 e. The summed E-state index contributed by atoms with van der Waals surface area (Å²) in [4.78, 5) is 4.17. The van der Waals surface area contributed by atoms with Crippen LogP contribution in [0.4, 0.5) is 0 Å². The number of fused-ring (bicyclic) bond motifs is 1. The Labute approximate surface area is 78.0 Å². The fourth-order valence-corrected chi connectivity index (χ4v) is 1.50. The molecule has 2 aliphatic rings. The lowest BCUT2D eigenvalue weighted by molar-refractivity contribution is 0.453. The van der Waals surface area contributed by atoms with E-state index in [4.69, 9.17) is 5.73 Å². The van der Waals surface area contributed by atoms with Crippen molar-refractivity contribution in [2.45, 2.75) is 6.17 Å². The van der Waals surface area contributed by atoms with Crippen molar-refractivity contribution < 1.29 is 0 Å². The summed E-state index contributed by atoms with van der Waals surface area (Å²) in [5.41, 5.74) is 5.61. The SMILES string of the molecule is NC1CN2N=C(I)C=CC2=N1. The summed E-state index contributed by atoms with van der Waals surface area (Å²) in [7, 11) is 0. The monoisotopic (exact) mass is 262 g/mol. The second-order valence-electron chi connectivity index (χ2n) is 2.39. The number of nitrogens with zero attached hydrogens (tertiary/aromatic N) is 3. The van der Waals surface area contributed by atoms with E-state index in [1.165, 1.54) is 0 Å². The molecule has 58 valence electrons. The van der Waals surface area contributed by atoms with Crippen molar-refractivity contribution in [3.8, 4) is 0 Å². The van der Waals surface area contributed by atoms with Gasteiger partial charge < -0.3 is 5.73 Å². The minimum absolute atomic E-state index is 0.110. The van der Waals surface area contributed by atoms with Crippen molar-refractivity contribution in [3.05, 3.63) is 12.2 Å². The van der Waals surface area contributed by atoms with Gasteiger partial charge in [0.1, 0.15) is 15.7 Å². The van der Waals surface area contributed by atoms with Gasteiger partial charge in [0, 0.05) is 0 Å². The predicted molar refractivity (Wildman–Crippen MR) is 52.7 cm³/mol. The van der Waals surface area contributed by atoms with Crippen LogP contribution in [0.1, 0.15) is 0 Å². The van der Waals surface area contributed by atoms with Crippen molar-refractivity contribution in [1.29, 1.82) is 0 Å². The summed E-state index contributed by atoms with van der Waals surface area (Å²) < 4.78 is 0.968. The molecule has 0 spiro atoms. The van der Waals surface area contributed by atoms with Crippen LogP contribution in [0.5, 0.6) is 0 Å². The molecule has 0 amide bonds. The third-order valence-electron chi connectivity index (χ3n) is 1.51. The van der Waals surface area contributed by atoms with Crippen LogP contribution >= 0.6 is 22.6 Å². The fraction of sp³-hybridized carbons (Fsp3) is 0.333. The van der Waals surface area contributed by atoms with E-state index in [1.54, 1.807) is 0 Å². The Morgan fingerprint density at radius 2 is 2.45 bits per heavy atom. The van der Waals surface area contributed by atoms with Crippen LogP contribution in [-0.4, -0.2) is 27.3 Å². The summed E-state index contributed by atoms with van der Waals surface area (Å²) >= 11 is 2.17. The molecule has 0 aromatic rings. The molecule has 0 radical (unpaired) electrons. The molecule has 5 heteroatoms. The van der Waals surface area contributed by atoms with Gasteiger partial charge in [-0.3, -0.25) is 0 Å². The maximum absolute atomic E-state index is 5.61. The number of allylic oxidation sites excluding steroid dienone is 1. The average Bonchev–Trinajstić information content (AvgIpc) is 2.27. The van der Waals surface area contributed by atoms with E-state index >= 15 is 0 Å². The third-order valence-corrected chi connectivity index (χ3v) is 2.08. The van der Waals surface area contributed by atoms with E-state index in [0.717, 1.165) is 9.55 Å². The summed E-state index contributed by atoms with van der Waals surface area (Å²) in [6, 6.07) is 0. The van der Waals surface area contributed by atoms with E-state index in [-0.39, 0.29) is 6.17 Å². The van der Waals surface area contributed by atoms with Crippen molar-refractivity contribution in [1.82, 2.24) is 5.01 Å². The van der Waals surface area contributed by atoms with Crippen LogP contribution in [0.3, 0.4) is 0 Å². The quantitative estimate of drug-likeness (QED) is 0.638. The molecule has 4 nitrogen and oxygen atoms in total. The lowest BCUT2D eigenvalue weighted by Gasteiger charge is -2.14. The summed E-state index contributed by atoms with van der Waals surface area (Å²) in [5.74, 6) is 0.873. The maximum Gasteiger partial charge on any atom is 0.145 e. The number of hydrogen-bond donors (Lipinski definition) is 1. The zero-order valence-corrected chi connectivity index (χ0v) is 7.89. The molecule has 0 fully saturated rings. The van der Waals surface area contributed by atoms with Crippen LogP contribution in [0.15, 0.2) is 22.2 Å². The Balaban J connectivity index is 2.29. The van der Waals surface area contributed by atoms with Crippen molar-refractivity contribution in [2.75, 3.05) is 6.54 Å². The molecule has 11 heavy (non-hydrogen) atoms. The zero-order chi connectivity index (χ0) is 7.84. The molecule has 0 aromatic carbocycles. The molecular weight excluding hydrogens is 255 g/mol. The molecule has 2 N–H and O–H groups in total. The molecule has 2 rings (SSSR count). The number of amidine groups is 1. The Hall–Kier alpha value is -0.430. The molecular formula is C6H7IN4. The van der Waals surface area contributed by atoms with Gasteiger partial charge in [0.05, 0.1) is 6.54 Å². The van der Waals surface area contributed by atoms with Gasteiger partial charge in [-0.25, -0.2) is 10.0 Å². The van der Waals surface area contributed by atoms with Crippen LogP contribution in [0.25, 0.3) is 0 Å². The van der Waals surface area contributed by atoms with E-state index in [1.807, 2.05) is 17.2 Å². The molecule has 0 aromatic heterocycles. The van der Waals surface area contributed by atoms with E-state index in [2.05, 4.69) is 32.7 Å². The highest BCUT2D eigenvalue weighted by atomic mass is 127. The highest BCUT2D eigenvalue weighted by Gasteiger charge is 2.22. The second kappa shape index (κ2) is 2.56. The first-order valence-corrected chi connectivity index (χ1v) is 4.37. The van der Waals surface area contributed by atoms with Gasteiger partial charge in [-0.1, -0.05) is 0 Å². The molecule has 1 unspecified atom stereocenters. The summed E-state index contributed by atoms with van der Waals surface area (Å²) in [5, 5.41) is 6.06. The van der Waals surface area contributed by atoms with Crippen LogP contribution in [0.2, 0.25) is 0 Å². The number of rotatable bonds is 0. The number of nitrogens with two attached hydrogens (primary N) is 1. The molecule has 0 bridgehead atoms. The lowest BCUT2D eigenvalue weighted by Crippen LogP contribution is -2.28. The normalized spacial score (nSPS) is 28.2. The smallest absolute Gasteiger partial charge is 0.145 e. The number of hydrazone groups is 1. The molecule has 2 aliphatic heterocycles. The molecule has 0 saturated heterocycles. The zero-order valence-electron chi connectivity index (χ0n) is 5.74. The average molecular weight is 262 g/mol. The Bertz CT molecular complexity index is 268. The largest absolute Gasteiger partial charge is 0.308 e. The number of hydrogen-bond acceptors (Lipinski definition) is 4. The fourth-order valence-electron chi connectivity index (χ4n) is 1.06. The van der Waals surface area contributed by atoms with Crippen molar-refractivity contribution in [3.63, 3.8) is 0 Å². The molecule has 0 saturated carbocycles. The second-order valence-corrected chi connectivity index (χ2v) is 3.50. The van der Waals surface area contributed by atoms with E-state index < -0.39 is 0 Å². The van der Waals surface area contributed by atoms with Crippen LogP contribution in [-0.2, 0) is 0 Å². The Morgan fingerprint density at radius 1 is 1.64 bits per heavy atom. The Kier molecular flexibility index (Phi) is 1.68. The molecule has 0 aliphatic carbocycles. The highest BCUT2D eigenvalue weighted by Crippen LogP contribution is 2.13. The van der Waals surface area contributed by atoms with Crippen LogP contribution in [0, 0.1) is 0 Å². The Morgan fingerprint density at radius 3 is 3.27 bits per heavy atom. The number of aliphatic imine (C=N–C) groups is 1. The summed E-state index contributed by atoms with van der Waals surface area (Å²) in [6.07, 6.45) is 3.75. The first-order chi connectivity index (χ1) is 5.25. The number of halogens is 1. The summed E-state index contributed by atoms with van der Waals surface area (Å²) in [6.45, 7) is 0.701. The van der Waals surface area contributed by atoms with Gasteiger partial charge in [0.2, 0.25) is 0 Å². The van der Waals surface area contributed by atoms with Gasteiger partial charge in [0.25, 0.3) is 0 Å². The van der Waals surface area contributed by atoms with Gasteiger partial charge in [-0.15, -0.1) is 0 Å². The predicted octanol–water partition coefficient (Wildman–Crippen LogP) is 0.304. The topological polar surface area (TPSA) is 54.0 Å². The molecule has 1 atom stereocenters. The minimum atomic E-state index is -0.110. The third kappa shape index (κ3) is 1.30. The first-order valence-electron chi connectivity index (χ1n) is 3.29. The van der Waals surface area contributed by atoms with Gasteiger partial charge >= 0.3 is 0 Å². The highest BCUT2D eigenvalue weighted by molar-refractivity contribution is 14.1.